The van der Waals surface area contributed by atoms with Crippen LogP contribution in [0.2, 0.25) is 0 Å². The van der Waals surface area contributed by atoms with Gasteiger partial charge >= 0.3 is 0 Å². The molecule has 0 N–H and O–H groups in total. The minimum Gasteiger partial charge on any atom is -0.310 e. The average molecular weight is 147 g/mol. The van der Waals surface area contributed by atoms with Gasteiger partial charge in [-0.3, -0.25) is 5.01 Å². The lowest BCUT2D eigenvalue weighted by Crippen LogP contribution is -2.08. The van der Waals surface area contributed by atoms with Gasteiger partial charge in [0.2, 0.25) is 0 Å². The summed E-state index contributed by atoms with van der Waals surface area (Å²) in [5.41, 5.74) is 0. The number of hydrogen-bond acceptors (Lipinski definition) is 3. The molecule has 0 amide bonds. The Balaban J connectivity index is 0. The summed E-state index contributed by atoms with van der Waals surface area (Å²) in [4.78, 5) is 11.3. The first-order chi connectivity index (χ1) is 4.54. The number of nitrogens with zero attached hydrogens (tertiary/aromatic N) is 3. The normalized spacial score (nSPS) is 8.20. The summed E-state index contributed by atoms with van der Waals surface area (Å²) in [6.07, 6.45) is 0. The molecule has 0 saturated heterocycles. The summed E-state index contributed by atoms with van der Waals surface area (Å²) in [6.45, 7) is 3.26. The molecule has 0 aliphatic rings. The van der Waals surface area contributed by atoms with Gasteiger partial charge in [-0.25, -0.2) is 0 Å². The van der Waals surface area contributed by atoms with Crippen molar-refractivity contribution in [3.63, 3.8) is 0 Å². The average Bonchev–Trinajstić information content (AvgIpc) is 1.89. The first-order valence-electron chi connectivity index (χ1n) is 3.19. The van der Waals surface area contributed by atoms with Crippen LogP contribution < -0.4 is 0 Å². The van der Waals surface area contributed by atoms with Gasteiger partial charge in [0.25, 0.3) is 0 Å². The zero-order chi connectivity index (χ0) is 8.57. The van der Waals surface area contributed by atoms with Crippen LogP contribution in [0.5, 0.6) is 0 Å². The minimum absolute atomic E-state index is 1.14. The largest absolute Gasteiger partial charge is 0.310 e. The van der Waals surface area contributed by atoms with Gasteiger partial charge in [-0.05, 0) is 20.6 Å². The van der Waals surface area contributed by atoms with E-state index in [1.54, 1.807) is 14.1 Å². The van der Waals surface area contributed by atoms with Crippen LogP contribution in [-0.2, 0) is 0 Å². The maximum Gasteiger partial charge on any atom is 0.0518 e. The van der Waals surface area contributed by atoms with Crippen LogP contribution in [0.25, 0.3) is 0 Å². The Morgan fingerprint density at radius 3 is 1.40 bits per heavy atom. The standard InChI is InChI=1S/C4H11N.C2H6N2O/c1-4-5(2)3;1-4(2)3-5/h4H2,1-3H3;1-2H3. The van der Waals surface area contributed by atoms with Crippen molar-refractivity contribution in [1.29, 1.82) is 0 Å². The molecule has 0 atom stereocenters. The first kappa shape index (κ1) is 12.1. The maximum absolute atomic E-state index is 9.18. The number of nitroso groups, excluding NO2 is 1. The SMILES string of the molecule is CCN(C)C.CN(C)N=O. The van der Waals surface area contributed by atoms with Crippen LogP contribution in [0.1, 0.15) is 6.92 Å². The molecule has 0 aromatic rings. The van der Waals surface area contributed by atoms with E-state index in [9.17, 15) is 4.91 Å². The van der Waals surface area contributed by atoms with E-state index in [-0.39, 0.29) is 0 Å². The fourth-order valence-electron chi connectivity index (χ4n) is 0. The molecule has 0 fully saturated rings. The summed E-state index contributed by atoms with van der Waals surface area (Å²) in [5.74, 6) is 0. The van der Waals surface area contributed by atoms with Crippen molar-refractivity contribution in [1.82, 2.24) is 9.91 Å². The van der Waals surface area contributed by atoms with E-state index in [0.717, 1.165) is 6.54 Å². The second kappa shape index (κ2) is 8.36. The van der Waals surface area contributed by atoms with E-state index < -0.39 is 0 Å². The van der Waals surface area contributed by atoms with Crippen molar-refractivity contribution in [3.8, 4) is 0 Å². The Hall–Kier alpha value is -0.640. The Morgan fingerprint density at radius 2 is 1.40 bits per heavy atom. The van der Waals surface area contributed by atoms with E-state index in [4.69, 9.17) is 0 Å². The van der Waals surface area contributed by atoms with Crippen molar-refractivity contribution in [2.24, 2.45) is 5.29 Å². The molecule has 4 heteroatoms. The van der Waals surface area contributed by atoms with Crippen LogP contribution in [0.15, 0.2) is 5.29 Å². The predicted molar refractivity (Wildman–Crippen MR) is 43.7 cm³/mol. The monoisotopic (exact) mass is 147 g/mol. The third-order valence-electron chi connectivity index (χ3n) is 0.796. The van der Waals surface area contributed by atoms with Crippen LogP contribution in [0.3, 0.4) is 0 Å². The summed E-state index contributed by atoms with van der Waals surface area (Å²) in [7, 11) is 7.26. The highest BCUT2D eigenvalue weighted by Crippen LogP contribution is 1.64. The molecule has 0 aromatic heterocycles. The highest BCUT2D eigenvalue weighted by Gasteiger charge is 1.72. The Morgan fingerprint density at radius 1 is 1.20 bits per heavy atom. The lowest BCUT2D eigenvalue weighted by molar-refractivity contribution is 0.431. The Labute approximate surface area is 62.8 Å². The molecule has 0 saturated carbocycles. The van der Waals surface area contributed by atoms with Gasteiger partial charge in [-0.1, -0.05) is 6.92 Å². The molecule has 10 heavy (non-hydrogen) atoms. The van der Waals surface area contributed by atoms with E-state index in [1.807, 2.05) is 0 Å². The maximum atomic E-state index is 9.18. The second-order valence-corrected chi connectivity index (χ2v) is 2.32. The van der Waals surface area contributed by atoms with Crippen molar-refractivity contribution in [3.05, 3.63) is 4.91 Å². The highest BCUT2D eigenvalue weighted by molar-refractivity contribution is 4.25. The van der Waals surface area contributed by atoms with Crippen molar-refractivity contribution < 1.29 is 0 Å². The van der Waals surface area contributed by atoms with Crippen LogP contribution in [0, 0.1) is 4.91 Å². The molecular formula is C6H17N3O. The van der Waals surface area contributed by atoms with E-state index in [2.05, 4.69) is 31.2 Å². The van der Waals surface area contributed by atoms with Gasteiger partial charge in [0.1, 0.15) is 0 Å². The van der Waals surface area contributed by atoms with Crippen molar-refractivity contribution in [2.75, 3.05) is 34.7 Å². The second-order valence-electron chi connectivity index (χ2n) is 2.32. The van der Waals surface area contributed by atoms with Gasteiger partial charge in [-0.2, -0.15) is 0 Å². The van der Waals surface area contributed by atoms with E-state index in [0.29, 0.717) is 0 Å². The predicted octanol–water partition coefficient (Wildman–Crippen LogP) is 0.797. The molecule has 0 bridgehead atoms. The molecule has 0 aromatic carbocycles. The fraction of sp³-hybridized carbons (Fsp3) is 1.00. The summed E-state index contributed by atoms with van der Waals surface area (Å²) in [6, 6.07) is 0. The molecule has 0 aliphatic heterocycles. The zero-order valence-electron chi connectivity index (χ0n) is 7.46. The molecule has 0 rings (SSSR count). The minimum atomic E-state index is 1.14. The molecule has 0 unspecified atom stereocenters. The molecule has 0 spiro atoms. The number of hydrogen-bond donors (Lipinski definition) is 0. The van der Waals surface area contributed by atoms with Gasteiger partial charge in [0.05, 0.1) is 5.29 Å². The van der Waals surface area contributed by atoms with E-state index >= 15 is 0 Å². The van der Waals surface area contributed by atoms with E-state index in [1.165, 1.54) is 5.01 Å². The number of rotatable bonds is 2. The third-order valence-corrected chi connectivity index (χ3v) is 0.796. The smallest absolute Gasteiger partial charge is 0.0518 e. The fourth-order valence-corrected chi connectivity index (χ4v) is 0. The molecule has 0 heterocycles. The Bertz CT molecular complexity index is 73.4. The summed E-state index contributed by atoms with van der Waals surface area (Å²) >= 11 is 0. The molecule has 0 aliphatic carbocycles. The topological polar surface area (TPSA) is 35.9 Å². The van der Waals surface area contributed by atoms with Gasteiger partial charge in [-0.15, -0.1) is 4.91 Å². The summed E-state index contributed by atoms with van der Waals surface area (Å²) in [5, 5.41) is 3.67. The van der Waals surface area contributed by atoms with Gasteiger partial charge in [0, 0.05) is 14.1 Å². The van der Waals surface area contributed by atoms with Crippen molar-refractivity contribution >= 4 is 0 Å². The molecular weight excluding hydrogens is 130 g/mol. The summed E-state index contributed by atoms with van der Waals surface area (Å²) < 4.78 is 0. The van der Waals surface area contributed by atoms with Gasteiger partial charge < -0.3 is 4.90 Å². The zero-order valence-corrected chi connectivity index (χ0v) is 7.46. The van der Waals surface area contributed by atoms with Crippen LogP contribution in [0.4, 0.5) is 0 Å². The third kappa shape index (κ3) is 26.4. The highest BCUT2D eigenvalue weighted by atomic mass is 16.3. The first-order valence-corrected chi connectivity index (χ1v) is 3.19. The molecule has 4 nitrogen and oxygen atoms in total. The molecule has 0 radical (unpaired) electrons. The van der Waals surface area contributed by atoms with Crippen molar-refractivity contribution in [2.45, 2.75) is 6.92 Å². The van der Waals surface area contributed by atoms with Crippen LogP contribution >= 0.6 is 0 Å². The van der Waals surface area contributed by atoms with Gasteiger partial charge in [0.15, 0.2) is 0 Å². The lowest BCUT2D eigenvalue weighted by atomic mass is 10.7. The molecule has 62 valence electrons. The van der Waals surface area contributed by atoms with Crippen LogP contribution in [-0.4, -0.2) is 44.6 Å². The quantitative estimate of drug-likeness (QED) is 0.428. The lowest BCUT2D eigenvalue weighted by Gasteiger charge is -2.00. The Kier molecular flexibility index (Phi) is 10.1.